The molecule has 0 fully saturated rings. The van der Waals surface area contributed by atoms with E-state index in [9.17, 15) is 18.4 Å². The highest BCUT2D eigenvalue weighted by Gasteiger charge is 2.39. The Balaban J connectivity index is 1.49. The standard InChI is InChI=1S/C24H21F2NO3/c1-15-3-2-4-20-21(15)24(29)27(23(20)28)13-14-30-22(16-5-9-18(25)10-6-16)17-7-11-19(26)12-8-17/h2,4-12,15,22H,3,13-14H2,1H3. The number of imide groups is 1. The Morgan fingerprint density at radius 3 is 2.07 bits per heavy atom. The van der Waals surface area contributed by atoms with Crippen molar-refractivity contribution in [1.29, 1.82) is 0 Å². The topological polar surface area (TPSA) is 46.6 Å². The Morgan fingerprint density at radius 1 is 0.967 bits per heavy atom. The summed E-state index contributed by atoms with van der Waals surface area (Å²) in [6, 6.07) is 11.7. The number of nitrogens with zero attached hydrogens (tertiary/aromatic N) is 1. The van der Waals surface area contributed by atoms with E-state index in [0.29, 0.717) is 22.3 Å². The van der Waals surface area contributed by atoms with Crippen molar-refractivity contribution in [3.8, 4) is 0 Å². The molecular formula is C24H21F2NO3. The van der Waals surface area contributed by atoms with Gasteiger partial charge in [-0.25, -0.2) is 8.78 Å². The molecule has 2 amide bonds. The first-order chi connectivity index (χ1) is 14.5. The predicted molar refractivity (Wildman–Crippen MR) is 107 cm³/mol. The van der Waals surface area contributed by atoms with Gasteiger partial charge in [-0.15, -0.1) is 0 Å². The van der Waals surface area contributed by atoms with Crippen LogP contribution in [0.4, 0.5) is 8.78 Å². The van der Waals surface area contributed by atoms with Gasteiger partial charge in [0.05, 0.1) is 13.2 Å². The first-order valence-corrected chi connectivity index (χ1v) is 9.85. The molecule has 6 heteroatoms. The molecule has 1 aliphatic heterocycles. The lowest BCUT2D eigenvalue weighted by molar-refractivity contribution is -0.138. The summed E-state index contributed by atoms with van der Waals surface area (Å²) in [5, 5.41) is 0. The minimum Gasteiger partial charge on any atom is -0.367 e. The maximum atomic E-state index is 13.3. The van der Waals surface area contributed by atoms with Crippen molar-refractivity contribution in [2.75, 3.05) is 13.2 Å². The summed E-state index contributed by atoms with van der Waals surface area (Å²) in [6.45, 7) is 2.13. The Labute approximate surface area is 173 Å². The van der Waals surface area contributed by atoms with E-state index in [1.54, 1.807) is 30.3 Å². The molecule has 30 heavy (non-hydrogen) atoms. The smallest absolute Gasteiger partial charge is 0.261 e. The van der Waals surface area contributed by atoms with Crippen molar-refractivity contribution >= 4 is 11.8 Å². The minimum absolute atomic E-state index is 0.0125. The average molecular weight is 409 g/mol. The van der Waals surface area contributed by atoms with Gasteiger partial charge in [-0.3, -0.25) is 14.5 Å². The molecule has 2 aromatic carbocycles. The van der Waals surface area contributed by atoms with E-state index in [-0.39, 0.29) is 42.5 Å². The maximum absolute atomic E-state index is 13.3. The molecule has 0 bridgehead atoms. The van der Waals surface area contributed by atoms with Crippen molar-refractivity contribution in [2.45, 2.75) is 19.4 Å². The van der Waals surface area contributed by atoms with Crippen LogP contribution in [0.3, 0.4) is 0 Å². The molecule has 1 atom stereocenters. The molecule has 0 aromatic heterocycles. The average Bonchev–Trinajstić information content (AvgIpc) is 2.98. The van der Waals surface area contributed by atoms with Gasteiger partial charge in [0.1, 0.15) is 17.7 Å². The second kappa shape index (κ2) is 8.32. The summed E-state index contributed by atoms with van der Waals surface area (Å²) < 4.78 is 32.7. The van der Waals surface area contributed by atoms with Crippen molar-refractivity contribution < 1.29 is 23.1 Å². The van der Waals surface area contributed by atoms with Gasteiger partial charge in [-0.05, 0) is 47.7 Å². The van der Waals surface area contributed by atoms with Crippen LogP contribution in [0.5, 0.6) is 0 Å². The third-order valence-electron chi connectivity index (χ3n) is 5.45. The van der Waals surface area contributed by atoms with E-state index in [2.05, 4.69) is 0 Å². The molecule has 0 saturated heterocycles. The zero-order chi connectivity index (χ0) is 21.3. The largest absolute Gasteiger partial charge is 0.367 e. The lowest BCUT2D eigenvalue weighted by Gasteiger charge is -2.21. The number of amides is 2. The first kappa shape index (κ1) is 20.2. The normalized spacial score (nSPS) is 18.5. The molecule has 1 unspecified atom stereocenters. The van der Waals surface area contributed by atoms with Gasteiger partial charge in [-0.2, -0.15) is 0 Å². The SMILES string of the molecule is CC1CC=CC2=C1C(=O)N(CCOC(c1ccc(F)cc1)c1ccc(F)cc1)C2=O. The molecule has 4 rings (SSSR count). The number of rotatable bonds is 6. The van der Waals surface area contributed by atoms with Gasteiger partial charge in [-0.1, -0.05) is 43.3 Å². The van der Waals surface area contributed by atoms with E-state index >= 15 is 0 Å². The van der Waals surface area contributed by atoms with Crippen LogP contribution in [0.25, 0.3) is 0 Å². The van der Waals surface area contributed by atoms with E-state index < -0.39 is 6.10 Å². The lowest BCUT2D eigenvalue weighted by Crippen LogP contribution is -2.35. The molecule has 2 aliphatic rings. The zero-order valence-corrected chi connectivity index (χ0v) is 16.5. The third-order valence-corrected chi connectivity index (χ3v) is 5.45. The summed E-state index contributed by atoms with van der Waals surface area (Å²) in [4.78, 5) is 26.6. The number of halogens is 2. The van der Waals surface area contributed by atoms with Gasteiger partial charge < -0.3 is 4.74 Å². The fourth-order valence-electron chi connectivity index (χ4n) is 3.88. The second-order valence-electron chi connectivity index (χ2n) is 7.48. The number of hydrogen-bond acceptors (Lipinski definition) is 3. The monoisotopic (exact) mass is 409 g/mol. The molecule has 0 saturated carbocycles. The third kappa shape index (κ3) is 3.83. The number of hydrogen-bond donors (Lipinski definition) is 0. The Bertz CT molecular complexity index is 980. The molecule has 0 radical (unpaired) electrons. The zero-order valence-electron chi connectivity index (χ0n) is 16.5. The van der Waals surface area contributed by atoms with Crippen LogP contribution in [0.2, 0.25) is 0 Å². The van der Waals surface area contributed by atoms with Gasteiger partial charge >= 0.3 is 0 Å². The van der Waals surface area contributed by atoms with E-state index in [4.69, 9.17) is 4.74 Å². The molecule has 1 aliphatic carbocycles. The number of benzene rings is 2. The highest BCUT2D eigenvalue weighted by molar-refractivity contribution is 6.21. The van der Waals surface area contributed by atoms with E-state index in [1.807, 2.05) is 13.0 Å². The molecular weight excluding hydrogens is 388 g/mol. The van der Waals surface area contributed by atoms with Crippen LogP contribution in [-0.4, -0.2) is 29.9 Å². The summed E-state index contributed by atoms with van der Waals surface area (Å²) >= 11 is 0. The number of carbonyl (C=O) groups is 2. The van der Waals surface area contributed by atoms with Crippen LogP contribution in [0.15, 0.2) is 71.8 Å². The highest BCUT2D eigenvalue weighted by atomic mass is 19.1. The van der Waals surface area contributed by atoms with Crippen molar-refractivity contribution in [2.24, 2.45) is 5.92 Å². The molecule has 0 N–H and O–H groups in total. The molecule has 0 spiro atoms. The van der Waals surface area contributed by atoms with Crippen LogP contribution >= 0.6 is 0 Å². The summed E-state index contributed by atoms with van der Waals surface area (Å²) in [7, 11) is 0. The number of ether oxygens (including phenoxy) is 1. The summed E-state index contributed by atoms with van der Waals surface area (Å²) in [6.07, 6.45) is 3.78. The first-order valence-electron chi connectivity index (χ1n) is 9.85. The van der Waals surface area contributed by atoms with Crippen molar-refractivity contribution in [3.63, 3.8) is 0 Å². The van der Waals surface area contributed by atoms with Gasteiger partial charge in [0, 0.05) is 11.1 Å². The minimum atomic E-state index is -0.583. The molecule has 1 heterocycles. The Hall–Kier alpha value is -3.12. The number of allylic oxidation sites excluding steroid dienone is 1. The van der Waals surface area contributed by atoms with E-state index in [0.717, 1.165) is 6.42 Å². The van der Waals surface area contributed by atoms with Gasteiger partial charge in [0.25, 0.3) is 11.8 Å². The molecule has 154 valence electrons. The van der Waals surface area contributed by atoms with E-state index in [1.165, 1.54) is 29.2 Å². The molecule has 4 nitrogen and oxygen atoms in total. The van der Waals surface area contributed by atoms with Crippen molar-refractivity contribution in [3.05, 3.63) is 94.6 Å². The van der Waals surface area contributed by atoms with Gasteiger partial charge in [0.2, 0.25) is 0 Å². The highest BCUT2D eigenvalue weighted by Crippen LogP contribution is 2.33. The number of carbonyl (C=O) groups excluding carboxylic acids is 2. The summed E-state index contributed by atoms with van der Waals surface area (Å²) in [5.41, 5.74) is 2.41. The van der Waals surface area contributed by atoms with Crippen LogP contribution in [0.1, 0.15) is 30.6 Å². The summed E-state index contributed by atoms with van der Waals surface area (Å²) in [5.74, 6) is -1.30. The Morgan fingerprint density at radius 2 is 1.53 bits per heavy atom. The predicted octanol–water partition coefficient (Wildman–Crippen LogP) is 4.33. The Kier molecular flexibility index (Phi) is 5.59. The second-order valence-corrected chi connectivity index (χ2v) is 7.48. The van der Waals surface area contributed by atoms with Gasteiger partial charge in [0.15, 0.2) is 0 Å². The van der Waals surface area contributed by atoms with Crippen molar-refractivity contribution in [1.82, 2.24) is 4.90 Å². The van der Waals surface area contributed by atoms with Crippen LogP contribution in [0, 0.1) is 17.6 Å². The fraction of sp³-hybridized carbons (Fsp3) is 0.250. The fourth-order valence-corrected chi connectivity index (χ4v) is 3.88. The molecule has 2 aromatic rings. The maximum Gasteiger partial charge on any atom is 0.261 e. The van der Waals surface area contributed by atoms with Crippen LogP contribution in [-0.2, 0) is 14.3 Å². The quantitative estimate of drug-likeness (QED) is 0.667. The lowest BCUT2D eigenvalue weighted by atomic mass is 9.90. The van der Waals surface area contributed by atoms with Crippen LogP contribution < -0.4 is 0 Å².